The second kappa shape index (κ2) is 22.3. The summed E-state index contributed by atoms with van der Waals surface area (Å²) in [6.45, 7) is 5.78. The second-order valence-corrected chi connectivity index (χ2v) is 9.92. The first kappa shape index (κ1) is 28.2. The van der Waals surface area contributed by atoms with Crippen molar-refractivity contribution in [3.8, 4) is 0 Å². The number of hydrogen-bond donors (Lipinski definition) is 0. The van der Waals surface area contributed by atoms with Crippen molar-refractivity contribution in [2.24, 2.45) is 0 Å². The summed E-state index contributed by atoms with van der Waals surface area (Å²) < 4.78 is 2.41. The Morgan fingerprint density at radius 1 is 0.516 bits per heavy atom. The first-order valence-corrected chi connectivity index (χ1v) is 14.3. The first-order chi connectivity index (χ1) is 15.4. The van der Waals surface area contributed by atoms with Crippen LogP contribution in [0.4, 0.5) is 0 Å². The zero-order valence-corrected chi connectivity index (χ0v) is 21.5. The molecule has 1 aromatic heterocycles. The molecule has 0 spiro atoms. The molecule has 0 saturated heterocycles. The van der Waals surface area contributed by atoms with Gasteiger partial charge in [0.1, 0.15) is 6.54 Å². The van der Waals surface area contributed by atoms with Gasteiger partial charge in [-0.3, -0.25) is 0 Å². The van der Waals surface area contributed by atoms with Gasteiger partial charge >= 0.3 is 0 Å². The van der Waals surface area contributed by atoms with Gasteiger partial charge in [0.15, 0.2) is 12.4 Å². The van der Waals surface area contributed by atoms with E-state index in [0.717, 1.165) is 0 Å². The number of aryl methyl sites for hydroxylation is 2. The van der Waals surface area contributed by atoms with E-state index in [9.17, 15) is 0 Å². The molecule has 0 aromatic carbocycles. The predicted molar refractivity (Wildman–Crippen MR) is 139 cm³/mol. The number of unbranched alkanes of at least 4 members (excludes halogenated alkanes) is 19. The molecule has 0 fully saturated rings. The van der Waals surface area contributed by atoms with E-state index in [4.69, 9.17) is 0 Å². The average molecular weight is 431 g/mol. The summed E-state index contributed by atoms with van der Waals surface area (Å²) in [6.07, 6.45) is 35.9. The minimum atomic E-state index is 1.19. The molecule has 1 rings (SSSR count). The molecule has 0 bridgehead atoms. The molecule has 0 N–H and O–H groups in total. The first-order valence-electron chi connectivity index (χ1n) is 14.3. The van der Waals surface area contributed by atoms with Crippen molar-refractivity contribution in [3.05, 3.63) is 30.1 Å². The van der Waals surface area contributed by atoms with Crippen LogP contribution >= 0.6 is 0 Å². The van der Waals surface area contributed by atoms with E-state index in [1.807, 2.05) is 0 Å². The van der Waals surface area contributed by atoms with Crippen molar-refractivity contribution in [2.45, 2.75) is 162 Å². The fourth-order valence-corrected chi connectivity index (χ4v) is 4.64. The maximum atomic E-state index is 2.41. The van der Waals surface area contributed by atoms with E-state index in [0.29, 0.717) is 0 Å². The highest BCUT2D eigenvalue weighted by Crippen LogP contribution is 2.14. The lowest BCUT2D eigenvalue weighted by Crippen LogP contribution is -2.33. The van der Waals surface area contributed by atoms with Crippen LogP contribution in [0.25, 0.3) is 0 Å². The Labute approximate surface area is 196 Å². The fraction of sp³-hybridized carbons (Fsp3) is 0.833. The van der Waals surface area contributed by atoms with Gasteiger partial charge in [0, 0.05) is 18.1 Å². The van der Waals surface area contributed by atoms with E-state index in [1.165, 1.54) is 153 Å². The van der Waals surface area contributed by atoms with Gasteiger partial charge in [-0.15, -0.1) is 0 Å². The zero-order valence-electron chi connectivity index (χ0n) is 21.5. The van der Waals surface area contributed by atoms with Crippen LogP contribution in [0, 0.1) is 0 Å². The number of aromatic nitrogens is 1. The molecule has 0 aliphatic heterocycles. The van der Waals surface area contributed by atoms with Gasteiger partial charge in [0.25, 0.3) is 0 Å². The Balaban J connectivity index is 1.87. The number of pyridine rings is 1. The molecule has 0 radical (unpaired) electrons. The molecule has 0 amide bonds. The van der Waals surface area contributed by atoms with Crippen molar-refractivity contribution >= 4 is 0 Å². The molecule has 0 saturated carbocycles. The topological polar surface area (TPSA) is 3.88 Å². The summed E-state index contributed by atoms with van der Waals surface area (Å²) >= 11 is 0. The minimum absolute atomic E-state index is 1.19. The number of hydrogen-bond acceptors (Lipinski definition) is 0. The molecular weight excluding hydrogens is 374 g/mol. The minimum Gasteiger partial charge on any atom is -0.205 e. The Hall–Kier alpha value is -0.850. The maximum absolute atomic E-state index is 2.41. The molecule has 0 aliphatic rings. The van der Waals surface area contributed by atoms with E-state index < -0.39 is 0 Å². The van der Waals surface area contributed by atoms with Gasteiger partial charge in [-0.2, -0.15) is 0 Å². The maximum Gasteiger partial charge on any atom is 0.171 e. The summed E-state index contributed by atoms with van der Waals surface area (Å²) in [5.74, 6) is 0. The third kappa shape index (κ3) is 18.4. The van der Waals surface area contributed by atoms with E-state index >= 15 is 0 Å². The predicted octanol–water partition coefficient (Wildman–Crippen LogP) is 9.75. The Kier molecular flexibility index (Phi) is 20.3. The fourth-order valence-electron chi connectivity index (χ4n) is 4.64. The Morgan fingerprint density at radius 2 is 0.935 bits per heavy atom. The van der Waals surface area contributed by atoms with Crippen LogP contribution in [0.5, 0.6) is 0 Å². The van der Waals surface area contributed by atoms with Crippen molar-refractivity contribution in [3.63, 3.8) is 0 Å². The van der Waals surface area contributed by atoms with Gasteiger partial charge < -0.3 is 0 Å². The quantitative estimate of drug-likeness (QED) is 0.120. The molecule has 0 atom stereocenters. The van der Waals surface area contributed by atoms with Crippen LogP contribution in [0.15, 0.2) is 24.5 Å². The molecule has 31 heavy (non-hydrogen) atoms. The van der Waals surface area contributed by atoms with Crippen molar-refractivity contribution in [2.75, 3.05) is 0 Å². The van der Waals surface area contributed by atoms with Crippen molar-refractivity contribution in [1.82, 2.24) is 0 Å². The normalized spacial score (nSPS) is 11.3. The summed E-state index contributed by atoms with van der Waals surface area (Å²) in [4.78, 5) is 0. The van der Waals surface area contributed by atoms with Crippen LogP contribution in [0.1, 0.15) is 154 Å². The molecule has 180 valence electrons. The van der Waals surface area contributed by atoms with Crippen LogP contribution in [-0.4, -0.2) is 0 Å². The van der Waals surface area contributed by atoms with Crippen LogP contribution in [0.3, 0.4) is 0 Å². The molecule has 0 unspecified atom stereocenters. The van der Waals surface area contributed by atoms with Crippen LogP contribution in [-0.2, 0) is 13.0 Å². The second-order valence-electron chi connectivity index (χ2n) is 9.92. The summed E-state index contributed by atoms with van der Waals surface area (Å²) in [7, 11) is 0. The zero-order chi connectivity index (χ0) is 22.2. The van der Waals surface area contributed by atoms with Gasteiger partial charge in [0.2, 0.25) is 0 Å². The highest BCUT2D eigenvalue weighted by Gasteiger charge is 2.03. The highest BCUT2D eigenvalue weighted by molar-refractivity contribution is 5.05. The Bertz CT molecular complexity index is 481. The van der Waals surface area contributed by atoms with Gasteiger partial charge in [-0.25, -0.2) is 4.57 Å². The third-order valence-corrected chi connectivity index (χ3v) is 6.76. The SMILES string of the molecule is CCCCCCCCCCCCCCCCCCc1ccc[n+](CCCCCCC)c1. The van der Waals surface area contributed by atoms with Crippen LogP contribution in [0.2, 0.25) is 0 Å². The summed E-state index contributed by atoms with van der Waals surface area (Å²) in [5.41, 5.74) is 1.53. The molecule has 0 aliphatic carbocycles. The lowest BCUT2D eigenvalue weighted by atomic mass is 10.0. The molecular formula is C30H56N+. The van der Waals surface area contributed by atoms with Gasteiger partial charge in [0.05, 0.1) is 0 Å². The average Bonchev–Trinajstić information content (AvgIpc) is 2.79. The van der Waals surface area contributed by atoms with Gasteiger partial charge in [-0.05, 0) is 25.3 Å². The largest absolute Gasteiger partial charge is 0.205 e. The summed E-state index contributed by atoms with van der Waals surface area (Å²) in [6, 6.07) is 4.56. The lowest BCUT2D eigenvalue weighted by Gasteiger charge is -2.04. The Morgan fingerprint density at radius 3 is 1.42 bits per heavy atom. The van der Waals surface area contributed by atoms with Gasteiger partial charge in [-0.1, -0.05) is 129 Å². The van der Waals surface area contributed by atoms with E-state index in [1.54, 1.807) is 0 Å². The van der Waals surface area contributed by atoms with Crippen LogP contribution < -0.4 is 4.57 Å². The smallest absolute Gasteiger partial charge is 0.171 e. The molecule has 1 heteroatoms. The molecule has 1 aromatic rings. The molecule has 1 heterocycles. The van der Waals surface area contributed by atoms with E-state index in [2.05, 4.69) is 42.9 Å². The number of rotatable bonds is 23. The van der Waals surface area contributed by atoms with E-state index in [-0.39, 0.29) is 0 Å². The summed E-state index contributed by atoms with van der Waals surface area (Å²) in [5, 5.41) is 0. The molecule has 1 nitrogen and oxygen atoms in total. The van der Waals surface area contributed by atoms with Crippen molar-refractivity contribution < 1.29 is 4.57 Å². The standard InChI is InChI=1S/C30H56N/c1-3-5-7-9-10-11-12-13-14-15-16-17-18-19-20-22-25-30-26-24-28-31(29-30)27-23-21-8-6-4-2/h24,26,28-29H,3-23,25,27H2,1-2H3/q+1. The third-order valence-electron chi connectivity index (χ3n) is 6.76. The monoisotopic (exact) mass is 430 g/mol. The number of nitrogens with zero attached hydrogens (tertiary/aromatic N) is 1. The van der Waals surface area contributed by atoms with Crippen molar-refractivity contribution in [1.29, 1.82) is 0 Å². The highest BCUT2D eigenvalue weighted by atomic mass is 14.9. The lowest BCUT2D eigenvalue weighted by molar-refractivity contribution is -0.697.